The Morgan fingerprint density at radius 1 is 0.971 bits per heavy atom. The molecule has 1 atom stereocenters. The van der Waals surface area contributed by atoms with E-state index in [9.17, 15) is 53.1 Å². The molecule has 0 amide bonds. The summed E-state index contributed by atoms with van der Waals surface area (Å²) in [5, 5.41) is -4.98. The van der Waals surface area contributed by atoms with Gasteiger partial charge < -0.3 is 9.29 Å². The lowest BCUT2D eigenvalue weighted by atomic mass is 10.1. The Hall–Kier alpha value is -2.34. The summed E-state index contributed by atoms with van der Waals surface area (Å²) >= 11 is 0. The molecule has 0 radical (unpaired) electrons. The van der Waals surface area contributed by atoms with Gasteiger partial charge in [0.15, 0.2) is 10.9 Å². The minimum atomic E-state index is -7.19. The number of aliphatic hydroxyl groups excluding tert-OH is 1. The van der Waals surface area contributed by atoms with Crippen LogP contribution in [0.5, 0.6) is 5.75 Å². The molecule has 0 bridgehead atoms. The van der Waals surface area contributed by atoms with E-state index in [2.05, 4.69) is 10.8 Å². The molecule has 0 aromatic heterocycles. The van der Waals surface area contributed by atoms with Gasteiger partial charge in [0.2, 0.25) is 0 Å². The van der Waals surface area contributed by atoms with Crippen LogP contribution in [0.4, 0.5) is 26.3 Å². The van der Waals surface area contributed by atoms with Gasteiger partial charge in [0.05, 0.1) is 5.94 Å². The summed E-state index contributed by atoms with van der Waals surface area (Å²) in [5.74, 6) is -8.95. The maximum Gasteiger partial charge on any atom is 0.450 e. The largest absolute Gasteiger partial charge is 0.450 e. The number of carbonyl (C=O) groups is 1. The van der Waals surface area contributed by atoms with Crippen molar-refractivity contribution in [2.45, 2.75) is 21.3 Å². The standard InChI is InChI=1S/C18H16F6O8S3/c1-3-15(26)33(2,10-25)14-9-8-13(11-6-4-5-7-12(11)14)32-35(30,31)18(23,24)16(19,20)17(21,22)34(27,28)29/h3-9,25H,1,10H2,2H3,(H,27,28,29). The molecule has 0 aliphatic carbocycles. The van der Waals surface area contributed by atoms with Gasteiger partial charge in [-0.05, 0) is 29.9 Å². The van der Waals surface area contributed by atoms with Gasteiger partial charge in [0.1, 0.15) is 0 Å². The molecule has 1 unspecified atom stereocenters. The van der Waals surface area contributed by atoms with E-state index in [0.717, 1.165) is 18.2 Å². The minimum absolute atomic E-state index is 0.0414. The lowest BCUT2D eigenvalue weighted by molar-refractivity contribution is -0.247. The third kappa shape index (κ3) is 4.39. The number of hydrogen-bond donors (Lipinski definition) is 2. The van der Waals surface area contributed by atoms with Crippen LogP contribution in [-0.4, -0.2) is 60.2 Å². The second-order valence-electron chi connectivity index (χ2n) is 6.97. The predicted molar refractivity (Wildman–Crippen MR) is 114 cm³/mol. The molecule has 17 heteroatoms. The second-order valence-corrected chi connectivity index (χ2v) is 13.3. The molecular formula is C18H16F6O8S3. The average molecular weight is 571 g/mol. The smallest absolute Gasteiger partial charge is 0.386 e. The maximum atomic E-state index is 14.2. The molecular weight excluding hydrogens is 554 g/mol. The molecule has 0 heterocycles. The molecule has 0 saturated carbocycles. The van der Waals surface area contributed by atoms with Gasteiger partial charge >= 0.3 is 36.7 Å². The fourth-order valence-electron chi connectivity index (χ4n) is 2.79. The first-order chi connectivity index (χ1) is 15.7. The van der Waals surface area contributed by atoms with E-state index < -0.39 is 63.5 Å². The SMILES string of the molecule is C=CC(=O)S(C)(CO)c1ccc(OS(=O)(=O)C(F)(F)C(F)(F)C(F)(F)S(=O)(=O)O)c2ccccc12. The lowest BCUT2D eigenvalue weighted by Gasteiger charge is -2.32. The zero-order valence-corrected chi connectivity index (χ0v) is 19.7. The van der Waals surface area contributed by atoms with Crippen LogP contribution >= 0.6 is 10.0 Å². The first-order valence-electron chi connectivity index (χ1n) is 8.82. The third-order valence-electron chi connectivity index (χ3n) is 4.77. The Morgan fingerprint density at radius 3 is 1.94 bits per heavy atom. The molecule has 2 N–H and O–H groups in total. The van der Waals surface area contributed by atoms with Gasteiger partial charge in [-0.25, -0.2) is 0 Å². The maximum absolute atomic E-state index is 14.2. The van der Waals surface area contributed by atoms with Gasteiger partial charge in [-0.15, -0.1) is 10.0 Å². The van der Waals surface area contributed by atoms with Crippen molar-refractivity contribution < 1.29 is 61.8 Å². The van der Waals surface area contributed by atoms with Crippen molar-refractivity contribution in [1.82, 2.24) is 0 Å². The first-order valence-corrected chi connectivity index (χ1v) is 13.9. The monoisotopic (exact) mass is 570 g/mol. The number of fused-ring (bicyclic) bond motifs is 1. The Morgan fingerprint density at radius 2 is 1.49 bits per heavy atom. The Kier molecular flexibility index (Phi) is 7.39. The van der Waals surface area contributed by atoms with Crippen LogP contribution in [0, 0.1) is 0 Å². The number of alkyl halides is 6. The van der Waals surface area contributed by atoms with E-state index in [1.54, 1.807) is 0 Å². The molecule has 196 valence electrons. The quantitative estimate of drug-likeness (QED) is 0.202. The molecule has 35 heavy (non-hydrogen) atoms. The van der Waals surface area contributed by atoms with Crippen LogP contribution < -0.4 is 4.18 Å². The van der Waals surface area contributed by atoms with Crippen LogP contribution in [-0.2, 0) is 25.0 Å². The summed E-state index contributed by atoms with van der Waals surface area (Å²) in [4.78, 5) is 12.4. The second kappa shape index (κ2) is 8.95. The molecule has 0 spiro atoms. The van der Waals surface area contributed by atoms with Gasteiger partial charge in [-0.3, -0.25) is 9.35 Å². The Bertz CT molecular complexity index is 1390. The van der Waals surface area contributed by atoms with E-state index in [0.29, 0.717) is 6.07 Å². The van der Waals surface area contributed by atoms with E-state index in [-0.39, 0.29) is 15.7 Å². The Labute approximate surface area is 196 Å². The highest BCUT2D eigenvalue weighted by Gasteiger charge is 2.83. The van der Waals surface area contributed by atoms with Crippen LogP contribution in [0.25, 0.3) is 10.8 Å². The number of aliphatic hydroxyl groups is 1. The third-order valence-corrected chi connectivity index (χ3v) is 9.85. The highest BCUT2D eigenvalue weighted by Crippen LogP contribution is 2.56. The average Bonchev–Trinajstić information content (AvgIpc) is 2.76. The molecule has 0 aliphatic heterocycles. The van der Waals surface area contributed by atoms with Gasteiger partial charge in [-0.2, -0.15) is 43.2 Å². The van der Waals surface area contributed by atoms with Crippen LogP contribution in [0.1, 0.15) is 0 Å². The summed E-state index contributed by atoms with van der Waals surface area (Å²) in [7, 11) is -17.0. The summed E-state index contributed by atoms with van der Waals surface area (Å²) in [6.45, 7) is 3.31. The zero-order chi connectivity index (χ0) is 27.3. The minimum Gasteiger partial charge on any atom is -0.386 e. The van der Waals surface area contributed by atoms with E-state index in [4.69, 9.17) is 4.55 Å². The molecule has 2 aromatic carbocycles. The normalized spacial score (nSPS) is 16.4. The van der Waals surface area contributed by atoms with Crippen LogP contribution in [0.2, 0.25) is 0 Å². The number of hydrogen-bond acceptors (Lipinski definition) is 7. The molecule has 0 aliphatic rings. The lowest BCUT2D eigenvalue weighted by Crippen LogP contribution is -2.61. The summed E-state index contributed by atoms with van der Waals surface area (Å²) < 4.78 is 140. The fourth-order valence-corrected chi connectivity index (χ4v) is 6.12. The van der Waals surface area contributed by atoms with Crippen molar-refractivity contribution in [1.29, 1.82) is 0 Å². The van der Waals surface area contributed by atoms with Crippen molar-refractivity contribution in [2.75, 3.05) is 12.2 Å². The topological polar surface area (TPSA) is 135 Å². The van der Waals surface area contributed by atoms with E-state index in [1.807, 2.05) is 0 Å². The van der Waals surface area contributed by atoms with Crippen LogP contribution in [0.3, 0.4) is 0 Å². The van der Waals surface area contributed by atoms with Crippen LogP contribution in [0.15, 0.2) is 53.9 Å². The molecule has 2 aromatic rings. The first kappa shape index (κ1) is 28.9. The number of halogens is 6. The number of carbonyl (C=O) groups excluding carboxylic acids is 1. The number of benzene rings is 2. The van der Waals surface area contributed by atoms with Crippen molar-refractivity contribution in [3.8, 4) is 5.75 Å². The summed E-state index contributed by atoms with van der Waals surface area (Å²) in [6, 6.07) is 6.52. The van der Waals surface area contributed by atoms with Crippen molar-refractivity contribution in [3.63, 3.8) is 0 Å². The summed E-state index contributed by atoms with van der Waals surface area (Å²) in [5.41, 5.74) is 0. The Balaban J connectivity index is 2.71. The van der Waals surface area contributed by atoms with Crippen molar-refractivity contribution in [2.24, 2.45) is 0 Å². The van der Waals surface area contributed by atoms with Crippen molar-refractivity contribution in [3.05, 3.63) is 49.1 Å². The van der Waals surface area contributed by atoms with Gasteiger partial charge in [-0.1, -0.05) is 30.8 Å². The highest BCUT2D eigenvalue weighted by atomic mass is 32.3. The fraction of sp³-hybridized carbons (Fsp3) is 0.278. The van der Waals surface area contributed by atoms with Gasteiger partial charge in [0, 0.05) is 10.3 Å². The molecule has 0 fully saturated rings. The molecule has 8 nitrogen and oxygen atoms in total. The van der Waals surface area contributed by atoms with E-state index in [1.165, 1.54) is 24.5 Å². The zero-order valence-electron chi connectivity index (χ0n) is 17.3. The number of rotatable bonds is 9. The predicted octanol–water partition coefficient (Wildman–Crippen LogP) is 3.71. The van der Waals surface area contributed by atoms with E-state index >= 15 is 0 Å². The van der Waals surface area contributed by atoms with Gasteiger partial charge in [0.25, 0.3) is 0 Å². The highest BCUT2D eigenvalue weighted by molar-refractivity contribution is 8.45. The summed E-state index contributed by atoms with van der Waals surface area (Å²) in [6.07, 6.45) is 2.26. The van der Waals surface area contributed by atoms with Crippen molar-refractivity contribution >= 4 is 46.2 Å². The molecule has 0 saturated heterocycles. The molecule has 2 rings (SSSR count).